The van der Waals surface area contributed by atoms with Crippen molar-refractivity contribution in [1.82, 2.24) is 10.2 Å². The van der Waals surface area contributed by atoms with Gasteiger partial charge in [-0.1, -0.05) is 26.0 Å². The molecule has 21 heavy (non-hydrogen) atoms. The lowest BCUT2D eigenvalue weighted by Crippen LogP contribution is -2.30. The summed E-state index contributed by atoms with van der Waals surface area (Å²) in [5, 5.41) is 2.81. The summed E-state index contributed by atoms with van der Waals surface area (Å²) in [5.74, 6) is 0.00260. The molecule has 5 nitrogen and oxygen atoms in total. The number of carbonyl (C=O) groups is 2. The number of benzene rings is 1. The number of nitrogens with two attached hydrogens (primary N) is 1. The van der Waals surface area contributed by atoms with Gasteiger partial charge in [0.15, 0.2) is 0 Å². The van der Waals surface area contributed by atoms with Gasteiger partial charge in [-0.2, -0.15) is 0 Å². The van der Waals surface area contributed by atoms with Crippen LogP contribution in [0, 0.1) is 5.92 Å². The second kappa shape index (κ2) is 8.42. The average molecular weight is 291 g/mol. The minimum Gasteiger partial charge on any atom is -0.352 e. The molecular weight excluding hydrogens is 266 g/mol. The van der Waals surface area contributed by atoms with Gasteiger partial charge in [0.2, 0.25) is 5.91 Å². The van der Waals surface area contributed by atoms with E-state index in [1.54, 1.807) is 24.1 Å². The molecule has 3 N–H and O–H groups in total. The summed E-state index contributed by atoms with van der Waals surface area (Å²) in [6.07, 6.45) is 0.770. The van der Waals surface area contributed by atoms with Gasteiger partial charge in [0.25, 0.3) is 5.91 Å². The maximum atomic E-state index is 11.8. The van der Waals surface area contributed by atoms with Gasteiger partial charge in [-0.25, -0.2) is 0 Å². The topological polar surface area (TPSA) is 75.4 Å². The minimum absolute atomic E-state index is 0.0115. The third-order valence-electron chi connectivity index (χ3n) is 3.17. The van der Waals surface area contributed by atoms with E-state index < -0.39 is 0 Å². The molecule has 0 aromatic heterocycles. The number of rotatable bonds is 7. The van der Waals surface area contributed by atoms with Crippen molar-refractivity contribution in [2.75, 3.05) is 20.1 Å². The molecule has 0 aliphatic heterocycles. The fourth-order valence-electron chi connectivity index (χ4n) is 1.96. The first-order valence-corrected chi connectivity index (χ1v) is 7.28. The van der Waals surface area contributed by atoms with Crippen molar-refractivity contribution in [1.29, 1.82) is 0 Å². The Morgan fingerprint density at radius 3 is 2.38 bits per heavy atom. The molecular formula is C16H25N3O2. The van der Waals surface area contributed by atoms with Crippen LogP contribution < -0.4 is 11.1 Å². The minimum atomic E-state index is -0.0957. The Labute approximate surface area is 126 Å². The molecule has 2 amide bonds. The van der Waals surface area contributed by atoms with Crippen molar-refractivity contribution in [3.8, 4) is 0 Å². The van der Waals surface area contributed by atoms with E-state index in [0.29, 0.717) is 25.2 Å². The smallest absolute Gasteiger partial charge is 0.251 e. The van der Waals surface area contributed by atoms with Gasteiger partial charge in [0.1, 0.15) is 0 Å². The predicted molar refractivity (Wildman–Crippen MR) is 83.8 cm³/mol. The number of hydrogen-bond donors (Lipinski definition) is 2. The van der Waals surface area contributed by atoms with Gasteiger partial charge in [-0.3, -0.25) is 9.59 Å². The first-order chi connectivity index (χ1) is 9.95. The third-order valence-corrected chi connectivity index (χ3v) is 3.17. The third kappa shape index (κ3) is 5.55. The van der Waals surface area contributed by atoms with Gasteiger partial charge in [0.05, 0.1) is 0 Å². The second-order valence-electron chi connectivity index (χ2n) is 5.44. The molecule has 0 aliphatic carbocycles. The first kappa shape index (κ1) is 17.2. The largest absolute Gasteiger partial charge is 0.352 e. The fourth-order valence-corrected chi connectivity index (χ4v) is 1.96. The standard InChI is InChI=1S/C16H25N3O2/c1-12(2)16(21)19(3)11-13-5-7-14(8-6-13)15(20)18-10-4-9-17/h5-8,12H,4,9-11,17H2,1-3H3,(H,18,20). The number of amides is 2. The quantitative estimate of drug-likeness (QED) is 0.745. The van der Waals surface area contributed by atoms with Crippen LogP contribution in [0.2, 0.25) is 0 Å². The van der Waals surface area contributed by atoms with Crippen LogP contribution >= 0.6 is 0 Å². The van der Waals surface area contributed by atoms with Gasteiger partial charge >= 0.3 is 0 Å². The Morgan fingerprint density at radius 1 is 1.24 bits per heavy atom. The summed E-state index contributed by atoms with van der Waals surface area (Å²) in [6, 6.07) is 7.31. The van der Waals surface area contributed by atoms with Gasteiger partial charge in [-0.15, -0.1) is 0 Å². The number of nitrogens with zero attached hydrogens (tertiary/aromatic N) is 1. The van der Waals surface area contributed by atoms with E-state index in [1.807, 2.05) is 26.0 Å². The van der Waals surface area contributed by atoms with E-state index in [4.69, 9.17) is 5.73 Å². The number of carbonyl (C=O) groups excluding carboxylic acids is 2. The molecule has 0 atom stereocenters. The zero-order valence-electron chi connectivity index (χ0n) is 13.1. The Kier molecular flexibility index (Phi) is 6.88. The fraction of sp³-hybridized carbons (Fsp3) is 0.500. The molecule has 0 radical (unpaired) electrons. The van der Waals surface area contributed by atoms with Crippen molar-refractivity contribution in [3.05, 3.63) is 35.4 Å². The van der Waals surface area contributed by atoms with Crippen LogP contribution in [0.15, 0.2) is 24.3 Å². The van der Waals surface area contributed by atoms with E-state index >= 15 is 0 Å². The molecule has 0 aliphatic rings. The highest BCUT2D eigenvalue weighted by Gasteiger charge is 2.13. The lowest BCUT2D eigenvalue weighted by atomic mass is 10.1. The molecule has 5 heteroatoms. The van der Waals surface area contributed by atoms with Crippen LogP contribution in [-0.4, -0.2) is 36.9 Å². The summed E-state index contributed by atoms with van der Waals surface area (Å²) >= 11 is 0. The molecule has 0 fully saturated rings. The van der Waals surface area contributed by atoms with Crippen molar-refractivity contribution in [2.24, 2.45) is 11.7 Å². The van der Waals surface area contributed by atoms with Crippen LogP contribution in [0.4, 0.5) is 0 Å². The SMILES string of the molecule is CC(C)C(=O)N(C)Cc1ccc(C(=O)NCCCN)cc1. The first-order valence-electron chi connectivity index (χ1n) is 7.28. The van der Waals surface area contributed by atoms with E-state index in [0.717, 1.165) is 12.0 Å². The molecule has 0 saturated heterocycles. The van der Waals surface area contributed by atoms with Gasteiger partial charge in [0, 0.05) is 31.6 Å². The normalized spacial score (nSPS) is 10.5. The van der Waals surface area contributed by atoms with Crippen LogP contribution in [-0.2, 0) is 11.3 Å². The predicted octanol–water partition coefficient (Wildman–Crippen LogP) is 1.38. The molecule has 1 rings (SSSR count). The van der Waals surface area contributed by atoms with Crippen molar-refractivity contribution in [3.63, 3.8) is 0 Å². The molecule has 0 heterocycles. The molecule has 116 valence electrons. The monoisotopic (exact) mass is 291 g/mol. The molecule has 1 aromatic rings. The van der Waals surface area contributed by atoms with Crippen LogP contribution in [0.1, 0.15) is 36.2 Å². The van der Waals surface area contributed by atoms with Gasteiger partial charge < -0.3 is 16.0 Å². The summed E-state index contributed by atoms with van der Waals surface area (Å²) in [7, 11) is 1.79. The lowest BCUT2D eigenvalue weighted by molar-refractivity contribution is -0.133. The van der Waals surface area contributed by atoms with Crippen LogP contribution in [0.3, 0.4) is 0 Å². The maximum Gasteiger partial charge on any atom is 0.251 e. The van der Waals surface area contributed by atoms with Crippen molar-refractivity contribution in [2.45, 2.75) is 26.8 Å². The molecule has 0 bridgehead atoms. The summed E-state index contributed by atoms with van der Waals surface area (Å²) < 4.78 is 0. The Hall–Kier alpha value is -1.88. The molecule has 1 aromatic carbocycles. The van der Waals surface area contributed by atoms with Gasteiger partial charge in [-0.05, 0) is 30.7 Å². The summed E-state index contributed by atoms with van der Waals surface area (Å²) in [4.78, 5) is 25.4. The van der Waals surface area contributed by atoms with Crippen molar-refractivity contribution < 1.29 is 9.59 Å². The van der Waals surface area contributed by atoms with E-state index in [-0.39, 0.29) is 17.7 Å². The highest BCUT2D eigenvalue weighted by molar-refractivity contribution is 5.94. The van der Waals surface area contributed by atoms with E-state index in [2.05, 4.69) is 5.32 Å². The maximum absolute atomic E-state index is 11.8. The van der Waals surface area contributed by atoms with Crippen LogP contribution in [0.5, 0.6) is 0 Å². The summed E-state index contributed by atoms with van der Waals surface area (Å²) in [6.45, 7) is 5.46. The Balaban J connectivity index is 2.57. The Morgan fingerprint density at radius 2 is 1.86 bits per heavy atom. The zero-order valence-corrected chi connectivity index (χ0v) is 13.1. The number of hydrogen-bond acceptors (Lipinski definition) is 3. The summed E-state index contributed by atoms with van der Waals surface area (Å²) in [5.41, 5.74) is 7.01. The van der Waals surface area contributed by atoms with Crippen LogP contribution in [0.25, 0.3) is 0 Å². The molecule has 0 spiro atoms. The number of nitrogens with one attached hydrogen (secondary N) is 1. The van der Waals surface area contributed by atoms with E-state index in [1.165, 1.54) is 0 Å². The van der Waals surface area contributed by atoms with E-state index in [9.17, 15) is 9.59 Å². The zero-order chi connectivity index (χ0) is 15.8. The molecule has 0 unspecified atom stereocenters. The van der Waals surface area contributed by atoms with Crippen molar-refractivity contribution >= 4 is 11.8 Å². The highest BCUT2D eigenvalue weighted by Crippen LogP contribution is 2.09. The molecule has 0 saturated carbocycles. The second-order valence-corrected chi connectivity index (χ2v) is 5.44. The Bertz CT molecular complexity index is 469. The lowest BCUT2D eigenvalue weighted by Gasteiger charge is -2.19. The average Bonchev–Trinajstić information content (AvgIpc) is 2.47. The highest BCUT2D eigenvalue weighted by atomic mass is 16.2.